The summed E-state index contributed by atoms with van der Waals surface area (Å²) in [6.07, 6.45) is -1.55. The largest absolute Gasteiger partial charge is 0.477 e. The van der Waals surface area contributed by atoms with Crippen molar-refractivity contribution in [2.75, 3.05) is 6.54 Å². The lowest BCUT2D eigenvalue weighted by Gasteiger charge is -2.23. The predicted molar refractivity (Wildman–Crippen MR) is 35.4 cm³/mol. The molecule has 68 valence electrons. The lowest BCUT2D eigenvalue weighted by molar-refractivity contribution is -0.160. The fourth-order valence-electron chi connectivity index (χ4n) is 1.25. The van der Waals surface area contributed by atoms with Gasteiger partial charge in [-0.15, -0.1) is 0 Å². The summed E-state index contributed by atoms with van der Waals surface area (Å²) in [7, 11) is 0. The van der Waals surface area contributed by atoms with Crippen LogP contribution in [0, 0.1) is 0 Å². The van der Waals surface area contributed by atoms with E-state index in [0.29, 0.717) is 4.90 Å². The van der Waals surface area contributed by atoms with Crippen LogP contribution < -0.4 is 0 Å². The van der Waals surface area contributed by atoms with Gasteiger partial charge in [-0.05, 0) is 6.42 Å². The topological polar surface area (TPSA) is 77.8 Å². The van der Waals surface area contributed by atoms with E-state index < -0.39 is 17.9 Å². The van der Waals surface area contributed by atoms with E-state index in [9.17, 15) is 14.0 Å². The summed E-state index contributed by atoms with van der Waals surface area (Å²) >= 11 is 0. The van der Waals surface area contributed by atoms with E-state index in [-0.39, 0.29) is 19.4 Å². The first-order chi connectivity index (χ1) is 5.48. The molecule has 2 N–H and O–H groups in total. The summed E-state index contributed by atoms with van der Waals surface area (Å²) in [5, 5.41) is 16.8. The second-order valence-corrected chi connectivity index (χ2v) is 2.60. The third-order valence-corrected chi connectivity index (χ3v) is 1.88. The molecule has 6 heteroatoms. The van der Waals surface area contributed by atoms with Crippen molar-refractivity contribution in [3.63, 3.8) is 0 Å². The smallest absolute Gasteiger partial charge is 0.410 e. The number of likely N-dealkylation sites (tertiary alicyclic amines) is 1. The zero-order chi connectivity index (χ0) is 9.35. The number of amides is 1. The van der Waals surface area contributed by atoms with Crippen LogP contribution in [-0.4, -0.2) is 39.5 Å². The van der Waals surface area contributed by atoms with Gasteiger partial charge in [-0.25, -0.2) is 14.0 Å². The van der Waals surface area contributed by atoms with E-state index in [1.54, 1.807) is 0 Å². The third-order valence-electron chi connectivity index (χ3n) is 1.88. The fraction of sp³-hybridized carbons (Fsp3) is 0.667. The van der Waals surface area contributed by atoms with Gasteiger partial charge in [-0.2, -0.15) is 0 Å². The first kappa shape index (κ1) is 8.76. The minimum atomic E-state index is -2.72. The standard InChI is InChI=1S/C6H8FNO4/c7-6(4(9)10)2-1-3-8(6)5(11)12/h1-3H2,(H,9,10)(H,11,12)/t6-/m0/s1. The molecule has 12 heavy (non-hydrogen) atoms. The molecule has 0 aromatic heterocycles. The molecule has 5 nitrogen and oxygen atoms in total. The zero-order valence-corrected chi connectivity index (χ0v) is 6.16. The molecule has 1 rings (SSSR count). The Morgan fingerprint density at radius 3 is 2.33 bits per heavy atom. The highest BCUT2D eigenvalue weighted by Crippen LogP contribution is 2.30. The lowest BCUT2D eigenvalue weighted by Crippen LogP contribution is -2.49. The van der Waals surface area contributed by atoms with Crippen LogP contribution in [0.3, 0.4) is 0 Å². The van der Waals surface area contributed by atoms with Gasteiger partial charge >= 0.3 is 12.1 Å². The van der Waals surface area contributed by atoms with Crippen LogP contribution in [0.4, 0.5) is 9.18 Å². The van der Waals surface area contributed by atoms with Gasteiger partial charge in [-0.1, -0.05) is 0 Å². The van der Waals surface area contributed by atoms with E-state index >= 15 is 0 Å². The van der Waals surface area contributed by atoms with E-state index in [2.05, 4.69) is 0 Å². The molecule has 0 aliphatic carbocycles. The highest BCUT2D eigenvalue weighted by atomic mass is 19.1. The number of hydrogen-bond acceptors (Lipinski definition) is 2. The van der Waals surface area contributed by atoms with Crippen LogP contribution >= 0.6 is 0 Å². The number of carboxylic acids is 1. The van der Waals surface area contributed by atoms with Crippen molar-refractivity contribution in [1.82, 2.24) is 4.90 Å². The second kappa shape index (κ2) is 2.62. The Labute approximate surface area is 67.4 Å². The summed E-state index contributed by atoms with van der Waals surface area (Å²) in [5.41, 5.74) is 0. The Hall–Kier alpha value is -1.33. The molecule has 1 fully saturated rings. The molecule has 1 aliphatic heterocycles. The first-order valence-electron chi connectivity index (χ1n) is 3.41. The molecule has 0 saturated carbocycles. The normalized spacial score (nSPS) is 28.9. The number of alkyl halides is 1. The zero-order valence-electron chi connectivity index (χ0n) is 6.16. The highest BCUT2D eigenvalue weighted by Gasteiger charge is 2.51. The Balaban J connectivity index is 2.89. The van der Waals surface area contributed by atoms with Crippen LogP contribution in [-0.2, 0) is 4.79 Å². The molecular formula is C6H8FNO4. The van der Waals surface area contributed by atoms with Gasteiger partial charge in [0.2, 0.25) is 0 Å². The number of carbonyl (C=O) groups is 2. The minimum Gasteiger partial charge on any atom is -0.477 e. The van der Waals surface area contributed by atoms with Crippen LogP contribution in [0.5, 0.6) is 0 Å². The molecule has 0 bridgehead atoms. The number of aliphatic carboxylic acids is 1. The van der Waals surface area contributed by atoms with Gasteiger partial charge < -0.3 is 10.2 Å². The molecular weight excluding hydrogens is 169 g/mol. The molecule has 1 amide bonds. The third kappa shape index (κ3) is 1.09. The Morgan fingerprint density at radius 1 is 1.42 bits per heavy atom. The first-order valence-corrected chi connectivity index (χ1v) is 3.41. The number of hydrogen-bond donors (Lipinski definition) is 2. The van der Waals surface area contributed by atoms with Crippen LogP contribution in [0.1, 0.15) is 12.8 Å². The average molecular weight is 177 g/mol. The molecule has 1 atom stereocenters. The fourth-order valence-corrected chi connectivity index (χ4v) is 1.25. The highest BCUT2D eigenvalue weighted by molar-refractivity contribution is 5.82. The SMILES string of the molecule is O=C(O)N1CCC[C@@]1(F)C(=O)O. The van der Waals surface area contributed by atoms with Gasteiger partial charge in [0.25, 0.3) is 5.79 Å². The Morgan fingerprint density at radius 2 is 2.00 bits per heavy atom. The molecule has 1 aliphatic rings. The van der Waals surface area contributed by atoms with Crippen LogP contribution in [0.15, 0.2) is 0 Å². The van der Waals surface area contributed by atoms with Gasteiger partial charge in [0, 0.05) is 13.0 Å². The van der Waals surface area contributed by atoms with Crippen molar-refractivity contribution in [3.05, 3.63) is 0 Å². The predicted octanol–water partition coefficient (Wildman–Crippen LogP) is 0.511. The van der Waals surface area contributed by atoms with E-state index in [4.69, 9.17) is 10.2 Å². The van der Waals surface area contributed by atoms with Crippen molar-refractivity contribution < 1.29 is 24.2 Å². The molecule has 0 aromatic carbocycles. The van der Waals surface area contributed by atoms with Crippen molar-refractivity contribution in [3.8, 4) is 0 Å². The summed E-state index contributed by atoms with van der Waals surface area (Å²) in [6.45, 7) is -0.0574. The minimum absolute atomic E-state index is 0.0574. The number of carboxylic acid groups (broad SMARTS) is 2. The van der Waals surface area contributed by atoms with Gasteiger partial charge in [0.15, 0.2) is 0 Å². The molecule has 0 unspecified atom stereocenters. The Bertz CT molecular complexity index is 232. The van der Waals surface area contributed by atoms with E-state index in [1.807, 2.05) is 0 Å². The molecule has 0 spiro atoms. The van der Waals surface area contributed by atoms with Gasteiger partial charge in [-0.3, -0.25) is 4.90 Å². The maximum Gasteiger partial charge on any atom is 0.410 e. The summed E-state index contributed by atoms with van der Waals surface area (Å²) < 4.78 is 13.3. The molecule has 1 heterocycles. The maximum atomic E-state index is 13.3. The summed E-state index contributed by atoms with van der Waals surface area (Å²) in [4.78, 5) is 21.0. The number of nitrogens with zero attached hydrogens (tertiary/aromatic N) is 1. The quantitative estimate of drug-likeness (QED) is 0.572. The average Bonchev–Trinajstić information content (AvgIpc) is 2.32. The summed E-state index contributed by atoms with van der Waals surface area (Å²) in [6, 6.07) is 0. The second-order valence-electron chi connectivity index (χ2n) is 2.60. The number of rotatable bonds is 1. The molecule has 0 radical (unpaired) electrons. The van der Waals surface area contributed by atoms with Gasteiger partial charge in [0.05, 0.1) is 0 Å². The van der Waals surface area contributed by atoms with Crippen LogP contribution in [0.25, 0.3) is 0 Å². The van der Waals surface area contributed by atoms with Crippen molar-refractivity contribution in [2.24, 2.45) is 0 Å². The van der Waals surface area contributed by atoms with Crippen molar-refractivity contribution in [1.29, 1.82) is 0 Å². The monoisotopic (exact) mass is 177 g/mol. The summed E-state index contributed by atoms with van der Waals surface area (Å²) in [5.74, 6) is -4.45. The Kier molecular flexibility index (Phi) is 1.91. The van der Waals surface area contributed by atoms with Crippen molar-refractivity contribution >= 4 is 12.1 Å². The van der Waals surface area contributed by atoms with E-state index in [0.717, 1.165) is 0 Å². The lowest BCUT2D eigenvalue weighted by atomic mass is 10.2. The maximum absolute atomic E-state index is 13.3. The number of halogens is 1. The van der Waals surface area contributed by atoms with E-state index in [1.165, 1.54) is 0 Å². The molecule has 0 aromatic rings. The van der Waals surface area contributed by atoms with Crippen molar-refractivity contribution in [2.45, 2.75) is 18.6 Å². The van der Waals surface area contributed by atoms with Gasteiger partial charge in [0.1, 0.15) is 0 Å². The molecule has 1 saturated heterocycles. The van der Waals surface area contributed by atoms with Crippen LogP contribution in [0.2, 0.25) is 0 Å².